The summed E-state index contributed by atoms with van der Waals surface area (Å²) < 4.78 is 12.9. The Morgan fingerprint density at radius 1 is 1.22 bits per heavy atom. The molecule has 0 spiro atoms. The van der Waals surface area contributed by atoms with Crippen LogP contribution in [0.15, 0.2) is 35.9 Å². The van der Waals surface area contributed by atoms with Gasteiger partial charge in [-0.2, -0.15) is 0 Å². The van der Waals surface area contributed by atoms with Gasteiger partial charge in [0.15, 0.2) is 0 Å². The molecule has 2 aliphatic rings. The highest BCUT2D eigenvalue weighted by Crippen LogP contribution is 2.54. The molecule has 126 valence electrons. The molecule has 3 atom stereocenters. The number of hydrogen-bond donors (Lipinski definition) is 0. The lowest BCUT2D eigenvalue weighted by atomic mass is 9.67. The summed E-state index contributed by atoms with van der Waals surface area (Å²) in [5.41, 5.74) is 2.66. The first kappa shape index (κ1) is 16.6. The minimum atomic E-state index is -0.164. The number of ether oxygens (including phenoxy) is 2. The van der Waals surface area contributed by atoms with Crippen LogP contribution in [0.3, 0.4) is 0 Å². The zero-order valence-corrected chi connectivity index (χ0v) is 15.2. The largest absolute Gasteiger partial charge is 0.487 e. The molecule has 23 heavy (non-hydrogen) atoms. The average Bonchev–Trinajstić information content (AvgIpc) is 2.46. The predicted octanol–water partition coefficient (Wildman–Crippen LogP) is 5.69. The van der Waals surface area contributed by atoms with E-state index in [0.29, 0.717) is 5.92 Å². The summed E-state index contributed by atoms with van der Waals surface area (Å²) in [7, 11) is 0. The summed E-state index contributed by atoms with van der Waals surface area (Å²) in [4.78, 5) is 0. The second-order valence-corrected chi connectivity index (χ2v) is 8.48. The Morgan fingerprint density at radius 2 is 1.96 bits per heavy atom. The summed E-state index contributed by atoms with van der Waals surface area (Å²) in [5, 5.41) is 0. The van der Waals surface area contributed by atoms with Crippen molar-refractivity contribution in [2.75, 3.05) is 6.61 Å². The first-order valence-electron chi connectivity index (χ1n) is 8.84. The van der Waals surface area contributed by atoms with Crippen molar-refractivity contribution in [3.63, 3.8) is 0 Å². The standard InChI is InChI=1S/C21H30O2/c1-15(2)9-8-12-21(5)17-13-20(3,4)14-22-19(17)16-10-6-7-11-18(16)23-21/h6-7,9-11,17,19H,8,12-14H2,1-5H3/t17-,19-,21+/m1/s1. The third-order valence-corrected chi connectivity index (χ3v) is 5.34. The van der Waals surface area contributed by atoms with Crippen molar-refractivity contribution in [2.45, 2.75) is 65.6 Å². The number of hydrogen-bond acceptors (Lipinski definition) is 2. The Hall–Kier alpha value is -1.28. The molecule has 0 radical (unpaired) electrons. The van der Waals surface area contributed by atoms with E-state index in [1.54, 1.807) is 0 Å². The van der Waals surface area contributed by atoms with Gasteiger partial charge in [0.25, 0.3) is 0 Å². The smallest absolute Gasteiger partial charge is 0.125 e. The van der Waals surface area contributed by atoms with Crippen molar-refractivity contribution in [3.8, 4) is 5.75 Å². The average molecular weight is 314 g/mol. The van der Waals surface area contributed by atoms with Crippen LogP contribution in [-0.2, 0) is 4.74 Å². The van der Waals surface area contributed by atoms with Gasteiger partial charge in [-0.1, -0.05) is 43.7 Å². The van der Waals surface area contributed by atoms with Gasteiger partial charge in [0.05, 0.1) is 12.7 Å². The first-order valence-corrected chi connectivity index (χ1v) is 8.84. The van der Waals surface area contributed by atoms with Crippen LogP contribution in [0.1, 0.15) is 65.5 Å². The van der Waals surface area contributed by atoms with Gasteiger partial charge in [0.2, 0.25) is 0 Å². The Balaban J connectivity index is 1.93. The van der Waals surface area contributed by atoms with Crippen molar-refractivity contribution in [1.82, 2.24) is 0 Å². The molecule has 0 N–H and O–H groups in total. The third-order valence-electron chi connectivity index (χ3n) is 5.34. The van der Waals surface area contributed by atoms with Gasteiger partial charge in [-0.25, -0.2) is 0 Å². The molecule has 1 saturated heterocycles. The normalized spacial score (nSPS) is 31.5. The van der Waals surface area contributed by atoms with Crippen molar-refractivity contribution >= 4 is 0 Å². The minimum absolute atomic E-state index is 0.164. The quantitative estimate of drug-likeness (QED) is 0.667. The van der Waals surface area contributed by atoms with Gasteiger partial charge in [-0.05, 0) is 51.5 Å². The molecule has 2 heterocycles. The topological polar surface area (TPSA) is 18.5 Å². The molecule has 2 aliphatic heterocycles. The van der Waals surface area contributed by atoms with Crippen LogP contribution in [0.2, 0.25) is 0 Å². The van der Waals surface area contributed by atoms with Crippen molar-refractivity contribution in [1.29, 1.82) is 0 Å². The molecule has 0 bridgehead atoms. The zero-order valence-electron chi connectivity index (χ0n) is 15.2. The SMILES string of the molecule is CC(C)=CCC[C@]1(C)Oc2ccccc2[C@H]2OCC(C)(C)C[C@H]21. The highest BCUT2D eigenvalue weighted by atomic mass is 16.5. The Labute approximate surface area is 140 Å². The van der Waals surface area contributed by atoms with E-state index in [1.807, 2.05) is 0 Å². The number of allylic oxidation sites excluding steroid dienone is 2. The molecular weight excluding hydrogens is 284 g/mol. The zero-order chi connectivity index (χ0) is 16.7. The second kappa shape index (κ2) is 5.98. The summed E-state index contributed by atoms with van der Waals surface area (Å²) >= 11 is 0. The van der Waals surface area contributed by atoms with Gasteiger partial charge in [-0.3, -0.25) is 0 Å². The number of benzene rings is 1. The molecule has 0 unspecified atom stereocenters. The molecule has 0 aliphatic carbocycles. The van der Waals surface area contributed by atoms with Gasteiger partial charge in [-0.15, -0.1) is 0 Å². The fourth-order valence-electron chi connectivity index (χ4n) is 4.05. The summed E-state index contributed by atoms with van der Waals surface area (Å²) in [6.07, 6.45) is 5.73. The van der Waals surface area contributed by atoms with Crippen LogP contribution in [0.25, 0.3) is 0 Å². The molecule has 0 saturated carbocycles. The molecule has 1 aromatic carbocycles. The highest BCUT2D eigenvalue weighted by molar-refractivity contribution is 5.39. The maximum Gasteiger partial charge on any atom is 0.125 e. The maximum absolute atomic E-state index is 6.55. The lowest BCUT2D eigenvalue weighted by Gasteiger charge is -2.52. The summed E-state index contributed by atoms with van der Waals surface area (Å²) in [6, 6.07) is 8.41. The van der Waals surface area contributed by atoms with Crippen LogP contribution in [0.4, 0.5) is 0 Å². The van der Waals surface area contributed by atoms with E-state index in [9.17, 15) is 0 Å². The first-order chi connectivity index (χ1) is 10.8. The van der Waals surface area contributed by atoms with Crippen LogP contribution >= 0.6 is 0 Å². The Bertz CT molecular complexity index is 598. The fourth-order valence-corrected chi connectivity index (χ4v) is 4.05. The van der Waals surface area contributed by atoms with Gasteiger partial charge < -0.3 is 9.47 Å². The third kappa shape index (κ3) is 3.33. The molecule has 0 amide bonds. The van der Waals surface area contributed by atoms with Crippen LogP contribution in [-0.4, -0.2) is 12.2 Å². The molecule has 1 aromatic rings. The Morgan fingerprint density at radius 3 is 2.70 bits per heavy atom. The fraction of sp³-hybridized carbons (Fsp3) is 0.619. The van der Waals surface area contributed by atoms with Crippen LogP contribution < -0.4 is 4.74 Å². The van der Waals surface area contributed by atoms with E-state index in [4.69, 9.17) is 9.47 Å². The van der Waals surface area contributed by atoms with Crippen molar-refractivity contribution in [3.05, 3.63) is 41.5 Å². The monoisotopic (exact) mass is 314 g/mol. The lowest BCUT2D eigenvalue weighted by molar-refractivity contribution is -0.162. The van der Waals surface area contributed by atoms with E-state index < -0.39 is 0 Å². The van der Waals surface area contributed by atoms with Crippen LogP contribution in [0.5, 0.6) is 5.75 Å². The Kier molecular flexibility index (Phi) is 4.31. The van der Waals surface area contributed by atoms with Gasteiger partial charge >= 0.3 is 0 Å². The number of para-hydroxylation sites is 1. The highest BCUT2D eigenvalue weighted by Gasteiger charge is 2.51. The summed E-state index contributed by atoms with van der Waals surface area (Å²) in [5.74, 6) is 1.42. The minimum Gasteiger partial charge on any atom is -0.487 e. The molecule has 1 fully saturated rings. The van der Waals surface area contributed by atoms with E-state index in [-0.39, 0.29) is 17.1 Å². The predicted molar refractivity (Wildman–Crippen MR) is 94.7 cm³/mol. The van der Waals surface area contributed by atoms with E-state index in [0.717, 1.165) is 31.6 Å². The van der Waals surface area contributed by atoms with Gasteiger partial charge in [0, 0.05) is 11.5 Å². The second-order valence-electron chi connectivity index (χ2n) is 8.48. The summed E-state index contributed by atoms with van der Waals surface area (Å²) in [6.45, 7) is 12.0. The van der Waals surface area contributed by atoms with E-state index in [2.05, 4.69) is 65.0 Å². The molecule has 2 heteroatoms. The van der Waals surface area contributed by atoms with Crippen LogP contribution in [0, 0.1) is 11.3 Å². The van der Waals surface area contributed by atoms with Crippen molar-refractivity contribution in [2.24, 2.45) is 11.3 Å². The number of fused-ring (bicyclic) bond motifs is 3. The van der Waals surface area contributed by atoms with E-state index >= 15 is 0 Å². The maximum atomic E-state index is 6.55. The lowest BCUT2D eigenvalue weighted by Crippen LogP contribution is -2.52. The van der Waals surface area contributed by atoms with E-state index in [1.165, 1.54) is 11.1 Å². The molecule has 0 aromatic heterocycles. The molecule has 3 rings (SSSR count). The number of rotatable bonds is 3. The molecular formula is C21H30O2. The van der Waals surface area contributed by atoms with Gasteiger partial charge in [0.1, 0.15) is 11.4 Å². The van der Waals surface area contributed by atoms with Crippen molar-refractivity contribution < 1.29 is 9.47 Å². The molecule has 2 nitrogen and oxygen atoms in total.